The molecule has 1 fully saturated rings. The molecule has 1 aromatic carbocycles. The van der Waals surface area contributed by atoms with Gasteiger partial charge in [0.05, 0.1) is 0 Å². The van der Waals surface area contributed by atoms with Gasteiger partial charge in [0.2, 0.25) is 0 Å². The van der Waals surface area contributed by atoms with E-state index in [9.17, 15) is 17.6 Å². The molecular weight excluding hydrogens is 344 g/mol. The highest BCUT2D eigenvalue weighted by atomic mass is 19.4. The molecule has 0 spiro atoms. The summed E-state index contributed by atoms with van der Waals surface area (Å²) in [5.41, 5.74) is 0.784. The average Bonchev–Trinajstić information content (AvgIpc) is 2.56. The van der Waals surface area contributed by atoms with Crippen molar-refractivity contribution in [1.29, 1.82) is 0 Å². The molecular formula is C21H30F4O. The Balaban J connectivity index is 1.79. The van der Waals surface area contributed by atoms with Gasteiger partial charge in [-0.15, -0.1) is 13.2 Å². The second-order valence-corrected chi connectivity index (χ2v) is 7.78. The van der Waals surface area contributed by atoms with Crippen LogP contribution in [0.5, 0.6) is 5.75 Å². The number of alkyl halides is 3. The summed E-state index contributed by atoms with van der Waals surface area (Å²) >= 11 is 0. The summed E-state index contributed by atoms with van der Waals surface area (Å²) in [5, 5.41) is 0. The van der Waals surface area contributed by atoms with Gasteiger partial charge < -0.3 is 4.74 Å². The number of halogens is 4. The van der Waals surface area contributed by atoms with Crippen LogP contribution in [-0.2, 0) is 0 Å². The van der Waals surface area contributed by atoms with E-state index in [2.05, 4.69) is 18.6 Å². The van der Waals surface area contributed by atoms with Crippen LogP contribution in [-0.4, -0.2) is 6.36 Å². The first-order valence-electron chi connectivity index (χ1n) is 9.83. The van der Waals surface area contributed by atoms with Gasteiger partial charge >= 0.3 is 6.36 Å². The molecule has 1 aliphatic carbocycles. The third-order valence-corrected chi connectivity index (χ3v) is 5.59. The summed E-state index contributed by atoms with van der Waals surface area (Å²) in [6.45, 7) is 4.55. The van der Waals surface area contributed by atoms with Crippen LogP contribution >= 0.6 is 0 Å². The Morgan fingerprint density at radius 1 is 1.12 bits per heavy atom. The van der Waals surface area contributed by atoms with Gasteiger partial charge in [-0.25, -0.2) is 4.39 Å². The standard InChI is InChI=1S/C21H30F4O/c1-3-5-15(2)6-4-7-16-8-10-17(11-9-16)18-12-13-20(19(22)14-18)26-21(23,24)25/h12-17H,3-11H2,1-2H3. The first-order chi connectivity index (χ1) is 12.3. The van der Waals surface area contributed by atoms with E-state index in [0.29, 0.717) is 0 Å². The minimum absolute atomic E-state index is 0.236. The Hall–Kier alpha value is -1.26. The van der Waals surface area contributed by atoms with Gasteiger partial charge in [0.1, 0.15) is 0 Å². The predicted molar refractivity (Wildman–Crippen MR) is 95.7 cm³/mol. The van der Waals surface area contributed by atoms with E-state index in [0.717, 1.165) is 49.1 Å². The summed E-state index contributed by atoms with van der Waals surface area (Å²) in [5.74, 6) is 0.0807. The zero-order valence-electron chi connectivity index (χ0n) is 15.7. The first kappa shape index (κ1) is 21.0. The van der Waals surface area contributed by atoms with Crippen molar-refractivity contribution in [3.05, 3.63) is 29.6 Å². The molecule has 2 rings (SSSR count). The largest absolute Gasteiger partial charge is 0.573 e. The monoisotopic (exact) mass is 374 g/mol. The second-order valence-electron chi connectivity index (χ2n) is 7.78. The molecule has 1 aliphatic rings. The minimum atomic E-state index is -4.87. The van der Waals surface area contributed by atoms with Crippen molar-refractivity contribution in [1.82, 2.24) is 0 Å². The molecule has 0 radical (unpaired) electrons. The zero-order chi connectivity index (χ0) is 19.2. The van der Waals surface area contributed by atoms with Gasteiger partial charge in [0.25, 0.3) is 0 Å². The molecule has 1 unspecified atom stereocenters. The van der Waals surface area contributed by atoms with Crippen LogP contribution < -0.4 is 4.74 Å². The molecule has 1 nitrogen and oxygen atoms in total. The molecule has 26 heavy (non-hydrogen) atoms. The van der Waals surface area contributed by atoms with Crippen molar-refractivity contribution in [2.24, 2.45) is 11.8 Å². The SMILES string of the molecule is CCCC(C)CCCC1CCC(c2ccc(OC(F)(F)F)c(F)c2)CC1. The summed E-state index contributed by atoms with van der Waals surface area (Å²) in [4.78, 5) is 0. The summed E-state index contributed by atoms with van der Waals surface area (Å²) in [6.07, 6.45) is 5.70. The fourth-order valence-corrected chi connectivity index (χ4v) is 4.16. The van der Waals surface area contributed by atoms with E-state index >= 15 is 0 Å². The molecule has 1 atom stereocenters. The van der Waals surface area contributed by atoms with E-state index in [-0.39, 0.29) is 5.92 Å². The fraction of sp³-hybridized carbons (Fsp3) is 0.714. The van der Waals surface area contributed by atoms with Gasteiger partial charge in [-0.05, 0) is 61.1 Å². The molecule has 0 saturated heterocycles. The third-order valence-electron chi connectivity index (χ3n) is 5.59. The number of benzene rings is 1. The fourth-order valence-electron chi connectivity index (χ4n) is 4.16. The smallest absolute Gasteiger partial charge is 0.403 e. The van der Waals surface area contributed by atoms with Crippen LogP contribution in [0, 0.1) is 17.7 Å². The summed E-state index contributed by atoms with van der Waals surface area (Å²) in [6, 6.07) is 3.87. The normalized spacial score (nSPS) is 22.2. The number of rotatable bonds is 8. The number of hydrogen-bond acceptors (Lipinski definition) is 1. The Morgan fingerprint density at radius 2 is 1.81 bits per heavy atom. The minimum Gasteiger partial charge on any atom is -0.403 e. The number of hydrogen-bond donors (Lipinski definition) is 0. The van der Waals surface area contributed by atoms with E-state index in [1.54, 1.807) is 6.07 Å². The molecule has 0 amide bonds. The highest BCUT2D eigenvalue weighted by Gasteiger charge is 2.32. The second kappa shape index (κ2) is 9.61. The zero-order valence-corrected chi connectivity index (χ0v) is 15.7. The van der Waals surface area contributed by atoms with Crippen molar-refractivity contribution in [2.45, 2.75) is 83.9 Å². The molecule has 0 aliphatic heterocycles. The average molecular weight is 374 g/mol. The summed E-state index contributed by atoms with van der Waals surface area (Å²) < 4.78 is 54.3. The summed E-state index contributed by atoms with van der Waals surface area (Å²) in [7, 11) is 0. The molecule has 0 N–H and O–H groups in total. The van der Waals surface area contributed by atoms with Crippen molar-refractivity contribution in [3.8, 4) is 5.75 Å². The lowest BCUT2D eigenvalue weighted by atomic mass is 9.77. The van der Waals surface area contributed by atoms with E-state index in [1.807, 2.05) is 0 Å². The molecule has 5 heteroatoms. The Kier molecular flexibility index (Phi) is 7.78. The molecule has 0 aromatic heterocycles. The van der Waals surface area contributed by atoms with Crippen LogP contribution in [0.15, 0.2) is 18.2 Å². The van der Waals surface area contributed by atoms with Crippen LogP contribution in [0.2, 0.25) is 0 Å². The van der Waals surface area contributed by atoms with Crippen molar-refractivity contribution >= 4 is 0 Å². The molecule has 148 valence electrons. The van der Waals surface area contributed by atoms with Gasteiger partial charge in [-0.3, -0.25) is 0 Å². The van der Waals surface area contributed by atoms with Crippen molar-refractivity contribution < 1.29 is 22.3 Å². The lowest BCUT2D eigenvalue weighted by Crippen LogP contribution is -2.18. The van der Waals surface area contributed by atoms with E-state index < -0.39 is 17.9 Å². The van der Waals surface area contributed by atoms with Crippen molar-refractivity contribution in [3.63, 3.8) is 0 Å². The van der Waals surface area contributed by atoms with Crippen LogP contribution in [0.3, 0.4) is 0 Å². The number of ether oxygens (including phenoxy) is 1. The van der Waals surface area contributed by atoms with Gasteiger partial charge in [0, 0.05) is 0 Å². The van der Waals surface area contributed by atoms with E-state index in [1.165, 1.54) is 38.2 Å². The van der Waals surface area contributed by atoms with Crippen LogP contribution in [0.25, 0.3) is 0 Å². The molecule has 0 bridgehead atoms. The quantitative estimate of drug-likeness (QED) is 0.426. The maximum Gasteiger partial charge on any atom is 0.573 e. The topological polar surface area (TPSA) is 9.23 Å². The first-order valence-corrected chi connectivity index (χ1v) is 9.83. The lowest BCUT2D eigenvalue weighted by molar-refractivity contribution is -0.275. The van der Waals surface area contributed by atoms with E-state index in [4.69, 9.17) is 0 Å². The van der Waals surface area contributed by atoms with Gasteiger partial charge in [0.15, 0.2) is 11.6 Å². The van der Waals surface area contributed by atoms with Gasteiger partial charge in [-0.2, -0.15) is 0 Å². The Labute approximate surface area is 154 Å². The highest BCUT2D eigenvalue weighted by molar-refractivity contribution is 5.31. The Bertz CT molecular complexity index is 547. The van der Waals surface area contributed by atoms with Gasteiger partial charge in [-0.1, -0.05) is 52.0 Å². The Morgan fingerprint density at radius 3 is 2.38 bits per heavy atom. The maximum atomic E-state index is 13.9. The lowest BCUT2D eigenvalue weighted by Gasteiger charge is -2.29. The predicted octanol–water partition coefficient (Wildman–Crippen LogP) is 7.60. The van der Waals surface area contributed by atoms with Crippen molar-refractivity contribution in [2.75, 3.05) is 0 Å². The molecule has 1 saturated carbocycles. The molecule has 0 heterocycles. The molecule has 1 aromatic rings. The maximum absolute atomic E-state index is 13.9. The third kappa shape index (κ3) is 6.81. The van der Waals surface area contributed by atoms with Crippen LogP contribution in [0.1, 0.15) is 83.1 Å². The highest BCUT2D eigenvalue weighted by Crippen LogP contribution is 2.39. The van der Waals surface area contributed by atoms with Crippen LogP contribution in [0.4, 0.5) is 17.6 Å².